The summed E-state index contributed by atoms with van der Waals surface area (Å²) in [5, 5.41) is 13.9. The van der Waals surface area contributed by atoms with Crippen molar-refractivity contribution in [3.63, 3.8) is 0 Å². The van der Waals surface area contributed by atoms with Gasteiger partial charge in [0.15, 0.2) is 10.4 Å². The van der Waals surface area contributed by atoms with Crippen molar-refractivity contribution < 1.29 is 0 Å². The molecule has 2 heterocycles. The zero-order valence-electron chi connectivity index (χ0n) is 11.5. The summed E-state index contributed by atoms with van der Waals surface area (Å²) in [6.07, 6.45) is 0.818. The van der Waals surface area contributed by atoms with E-state index < -0.39 is 0 Å². The van der Waals surface area contributed by atoms with E-state index in [1.807, 2.05) is 23.7 Å². The van der Waals surface area contributed by atoms with Gasteiger partial charge in [-0.1, -0.05) is 22.9 Å². The molecule has 0 saturated carbocycles. The van der Waals surface area contributed by atoms with Gasteiger partial charge >= 0.3 is 0 Å². The van der Waals surface area contributed by atoms with Gasteiger partial charge in [-0.15, -0.1) is 0 Å². The third-order valence-corrected chi connectivity index (χ3v) is 4.17. The molecule has 1 N–H and O–H groups in total. The molecule has 0 atom stereocenters. The Morgan fingerprint density at radius 1 is 1.48 bits per heavy atom. The first kappa shape index (κ1) is 14.0. The monoisotopic (exact) mass is 361 g/mol. The highest BCUT2D eigenvalue weighted by Gasteiger charge is 2.17. The van der Waals surface area contributed by atoms with Crippen LogP contribution in [-0.2, 0) is 13.5 Å². The average Bonchev–Trinajstić information content (AvgIpc) is 2.96. The van der Waals surface area contributed by atoms with E-state index in [1.165, 1.54) is 0 Å². The Morgan fingerprint density at radius 2 is 2.24 bits per heavy atom. The van der Waals surface area contributed by atoms with Gasteiger partial charge in [-0.3, -0.25) is 4.57 Å². The summed E-state index contributed by atoms with van der Waals surface area (Å²) in [5.74, 6) is 0. The van der Waals surface area contributed by atoms with E-state index >= 15 is 0 Å². The Kier molecular flexibility index (Phi) is 3.43. The number of fused-ring (bicyclic) bond motifs is 1. The summed E-state index contributed by atoms with van der Waals surface area (Å²) >= 11 is 8.83. The molecule has 2 aromatic heterocycles. The molecular formula is C14H12BrN5S. The highest BCUT2D eigenvalue weighted by Crippen LogP contribution is 2.26. The normalized spacial score (nSPS) is 11.0. The van der Waals surface area contributed by atoms with Crippen LogP contribution >= 0.6 is 28.1 Å². The molecule has 0 saturated heterocycles. The number of halogens is 1. The second kappa shape index (κ2) is 5.13. The zero-order valence-corrected chi connectivity index (χ0v) is 13.9. The van der Waals surface area contributed by atoms with Crippen LogP contribution in [0.2, 0.25) is 0 Å². The summed E-state index contributed by atoms with van der Waals surface area (Å²) in [5.41, 5.74) is 4.07. The van der Waals surface area contributed by atoms with E-state index in [0.29, 0.717) is 10.3 Å². The number of benzene rings is 1. The van der Waals surface area contributed by atoms with Gasteiger partial charge in [-0.05, 0) is 36.8 Å². The number of hydrogen-bond acceptors (Lipinski definition) is 3. The summed E-state index contributed by atoms with van der Waals surface area (Å²) in [6, 6.07) is 7.78. The number of aryl methyl sites for hydroxylation is 2. The quantitative estimate of drug-likeness (QED) is 0.709. The zero-order chi connectivity index (χ0) is 15.1. The largest absolute Gasteiger partial charge is 0.327 e. The first-order chi connectivity index (χ1) is 10.1. The fourth-order valence-corrected chi connectivity index (χ4v) is 3.12. The van der Waals surface area contributed by atoms with Crippen LogP contribution in [-0.4, -0.2) is 19.3 Å². The molecule has 106 valence electrons. The molecule has 0 aliphatic heterocycles. The molecular weight excluding hydrogens is 350 g/mol. The molecule has 7 heteroatoms. The second-order valence-electron chi connectivity index (χ2n) is 4.66. The number of nitriles is 1. The number of H-pyrrole nitrogens is 1. The lowest BCUT2D eigenvalue weighted by Gasteiger charge is -2.07. The molecule has 3 rings (SSSR count). The van der Waals surface area contributed by atoms with E-state index in [1.54, 1.807) is 10.7 Å². The highest BCUT2D eigenvalue weighted by atomic mass is 79.9. The SMILES string of the molecule is CCc1nn(C)c2c1[nH]c(=S)n2-c1ccc(Br)cc1C#N. The molecule has 0 fully saturated rings. The number of hydrogen-bond donors (Lipinski definition) is 1. The van der Waals surface area contributed by atoms with Gasteiger partial charge in [0.1, 0.15) is 11.6 Å². The molecule has 0 aliphatic rings. The van der Waals surface area contributed by atoms with Gasteiger partial charge in [-0.25, -0.2) is 4.68 Å². The predicted octanol–water partition coefficient (Wildman–Crippen LogP) is 3.62. The van der Waals surface area contributed by atoms with Crippen molar-refractivity contribution in [1.29, 1.82) is 5.26 Å². The minimum atomic E-state index is 0.556. The van der Waals surface area contributed by atoms with Crippen LogP contribution in [0.25, 0.3) is 16.9 Å². The van der Waals surface area contributed by atoms with Crippen LogP contribution in [0.1, 0.15) is 18.2 Å². The maximum absolute atomic E-state index is 9.37. The Hall–Kier alpha value is -1.91. The lowest BCUT2D eigenvalue weighted by Crippen LogP contribution is -2.03. The fourth-order valence-electron chi connectivity index (χ4n) is 2.48. The number of nitrogens with zero attached hydrogens (tertiary/aromatic N) is 4. The fraction of sp³-hybridized carbons (Fsp3) is 0.214. The summed E-state index contributed by atoms with van der Waals surface area (Å²) < 4.78 is 5.08. The van der Waals surface area contributed by atoms with Gasteiger partial charge in [0, 0.05) is 11.5 Å². The highest BCUT2D eigenvalue weighted by molar-refractivity contribution is 9.10. The standard InChI is InChI=1S/C14H12BrN5S/c1-3-10-12-13(19(2)18-10)20(14(21)17-12)11-5-4-9(15)6-8(11)7-16/h4-6H,3H2,1-2H3,(H,17,21). The van der Waals surface area contributed by atoms with Crippen molar-refractivity contribution in [2.75, 3.05) is 0 Å². The molecule has 1 aromatic carbocycles. The third-order valence-electron chi connectivity index (χ3n) is 3.39. The topological polar surface area (TPSA) is 62.3 Å². The van der Waals surface area contributed by atoms with E-state index in [2.05, 4.69) is 39.0 Å². The van der Waals surface area contributed by atoms with E-state index in [4.69, 9.17) is 12.2 Å². The lowest BCUT2D eigenvalue weighted by molar-refractivity contribution is 0.748. The average molecular weight is 362 g/mol. The van der Waals surface area contributed by atoms with Gasteiger partial charge < -0.3 is 4.98 Å². The first-order valence-electron chi connectivity index (χ1n) is 6.43. The minimum Gasteiger partial charge on any atom is -0.327 e. The predicted molar refractivity (Wildman–Crippen MR) is 87.0 cm³/mol. The van der Waals surface area contributed by atoms with Crippen LogP contribution in [0.4, 0.5) is 0 Å². The third kappa shape index (κ3) is 2.11. The molecule has 3 aromatic rings. The molecule has 0 aliphatic carbocycles. The van der Waals surface area contributed by atoms with Crippen LogP contribution in [0, 0.1) is 16.1 Å². The summed E-state index contributed by atoms with van der Waals surface area (Å²) in [7, 11) is 1.88. The van der Waals surface area contributed by atoms with Crippen molar-refractivity contribution in [2.24, 2.45) is 7.05 Å². The van der Waals surface area contributed by atoms with E-state index in [-0.39, 0.29) is 0 Å². The molecule has 21 heavy (non-hydrogen) atoms. The van der Waals surface area contributed by atoms with E-state index in [9.17, 15) is 5.26 Å². The van der Waals surface area contributed by atoms with Crippen LogP contribution < -0.4 is 0 Å². The van der Waals surface area contributed by atoms with Gasteiger partial charge in [0.25, 0.3) is 0 Å². The molecule has 0 amide bonds. The first-order valence-corrected chi connectivity index (χ1v) is 7.63. The Labute approximate surface area is 134 Å². The van der Waals surface area contributed by atoms with Crippen molar-refractivity contribution in [3.05, 3.63) is 38.7 Å². The maximum Gasteiger partial charge on any atom is 0.184 e. The number of rotatable bonds is 2. The molecule has 0 radical (unpaired) electrons. The number of aromatic nitrogens is 4. The van der Waals surface area contributed by atoms with Gasteiger partial charge in [-0.2, -0.15) is 10.4 Å². The molecule has 0 spiro atoms. The van der Waals surface area contributed by atoms with Crippen molar-refractivity contribution in [1.82, 2.24) is 19.3 Å². The van der Waals surface area contributed by atoms with Crippen LogP contribution in [0.3, 0.4) is 0 Å². The number of aromatic amines is 1. The smallest absolute Gasteiger partial charge is 0.184 e. The molecule has 5 nitrogen and oxygen atoms in total. The Balaban J connectivity index is 2.41. The second-order valence-corrected chi connectivity index (χ2v) is 5.96. The molecule has 0 unspecified atom stereocenters. The number of nitrogens with one attached hydrogen (secondary N) is 1. The van der Waals surface area contributed by atoms with Crippen molar-refractivity contribution >= 4 is 39.3 Å². The van der Waals surface area contributed by atoms with Gasteiger partial charge in [0.05, 0.1) is 16.9 Å². The Bertz CT molecular complexity index is 941. The maximum atomic E-state index is 9.37. The number of imidazole rings is 1. The van der Waals surface area contributed by atoms with Crippen molar-refractivity contribution in [3.8, 4) is 11.8 Å². The van der Waals surface area contributed by atoms with Crippen LogP contribution in [0.15, 0.2) is 22.7 Å². The van der Waals surface area contributed by atoms with E-state index in [0.717, 1.165) is 33.4 Å². The Morgan fingerprint density at radius 3 is 2.90 bits per heavy atom. The summed E-state index contributed by atoms with van der Waals surface area (Å²) in [6.45, 7) is 2.05. The van der Waals surface area contributed by atoms with Crippen molar-refractivity contribution in [2.45, 2.75) is 13.3 Å². The molecule has 0 bridgehead atoms. The van der Waals surface area contributed by atoms with Gasteiger partial charge in [0.2, 0.25) is 0 Å². The lowest BCUT2D eigenvalue weighted by atomic mass is 10.2. The minimum absolute atomic E-state index is 0.556. The van der Waals surface area contributed by atoms with Crippen LogP contribution in [0.5, 0.6) is 0 Å². The summed E-state index contributed by atoms with van der Waals surface area (Å²) in [4.78, 5) is 3.21.